The van der Waals surface area contributed by atoms with Crippen LogP contribution < -0.4 is 0 Å². The van der Waals surface area contributed by atoms with Crippen molar-refractivity contribution in [2.24, 2.45) is 0 Å². The van der Waals surface area contributed by atoms with E-state index in [2.05, 4.69) is 15.7 Å². The zero-order chi connectivity index (χ0) is 12.4. The fraction of sp³-hybridized carbons (Fsp3) is 0.250. The van der Waals surface area contributed by atoms with Gasteiger partial charge in [-0.25, -0.2) is 14.6 Å². The molecule has 0 rings (SSSR count). The third-order valence-electron chi connectivity index (χ3n) is 1.41. The molecule has 0 bridgehead atoms. The molecule has 0 heterocycles. The summed E-state index contributed by atoms with van der Waals surface area (Å²) in [5, 5.41) is 0. The largest absolute Gasteiger partial charge is 0.508 e. The molecule has 0 amide bonds. The van der Waals surface area contributed by atoms with Crippen LogP contribution in [-0.4, -0.2) is 19.7 Å². The van der Waals surface area contributed by atoms with Crippen molar-refractivity contribution in [1.29, 1.82) is 0 Å². The van der Waals surface area contributed by atoms with E-state index in [-0.39, 0.29) is 12.4 Å². The number of ether oxygens (including phenoxy) is 1. The molecule has 0 saturated carbocycles. The van der Waals surface area contributed by atoms with Crippen LogP contribution in [0.25, 0.3) is 0 Å². The van der Waals surface area contributed by atoms with Crippen molar-refractivity contribution < 1.29 is 19.3 Å². The first-order chi connectivity index (χ1) is 7.65. The fourth-order valence-corrected chi connectivity index (χ4v) is 0.648. The van der Waals surface area contributed by atoms with Crippen molar-refractivity contribution in [1.82, 2.24) is 0 Å². The van der Waals surface area contributed by atoms with Crippen molar-refractivity contribution in [3.05, 3.63) is 29.9 Å². The van der Waals surface area contributed by atoms with Gasteiger partial charge in [0.15, 0.2) is 0 Å². The molecule has 0 fully saturated rings. The average molecular weight is 219 g/mol. The highest BCUT2D eigenvalue weighted by Crippen LogP contribution is 2.04. The van der Waals surface area contributed by atoms with Crippen LogP contribution in [0.1, 0.15) is 6.92 Å². The van der Waals surface area contributed by atoms with Gasteiger partial charge in [-0.1, -0.05) is 5.92 Å². The van der Waals surface area contributed by atoms with Crippen LogP contribution >= 0.6 is 0 Å². The Labute approximate surface area is 94.8 Å². The lowest BCUT2D eigenvalue weighted by molar-refractivity contribution is -0.263. The Balaban J connectivity index is 4.31. The maximum absolute atomic E-state index is 11.2. The summed E-state index contributed by atoms with van der Waals surface area (Å²) in [6.45, 7) is 1.66. The lowest BCUT2D eigenvalue weighted by Crippen LogP contribution is -2.01. The summed E-state index contributed by atoms with van der Waals surface area (Å²) in [7, 11) is 1.35. The first-order valence-electron chi connectivity index (χ1n) is 4.29. The first kappa shape index (κ1) is 14.0. The molecular weight excluding hydrogens is 208 g/mol. The second-order valence-electron chi connectivity index (χ2n) is 2.50. The third kappa shape index (κ3) is 5.66. The maximum atomic E-state index is 11.2. The fourth-order valence-electron chi connectivity index (χ4n) is 0.648. The quantitative estimate of drug-likeness (QED) is 0.102. The highest BCUT2D eigenvalue weighted by Gasteiger charge is 1.96. The van der Waals surface area contributed by atoms with E-state index in [9.17, 15) is 4.79 Å². The number of hydrogen-bond acceptors (Lipinski definition) is 4. The molecule has 0 radical (unpaired) electrons. The third-order valence-corrected chi connectivity index (χ3v) is 1.41. The van der Waals surface area contributed by atoms with E-state index in [0.717, 1.165) is 6.08 Å². The summed E-state index contributed by atoms with van der Waals surface area (Å²) in [5.74, 6) is 3.45. The molecular formula is C12H11O4-. The van der Waals surface area contributed by atoms with Crippen LogP contribution in [0.2, 0.25) is 0 Å². The molecule has 0 aliphatic rings. The van der Waals surface area contributed by atoms with Gasteiger partial charge in [0.05, 0.1) is 7.11 Å². The van der Waals surface area contributed by atoms with Crippen molar-refractivity contribution in [3.8, 4) is 18.3 Å². The van der Waals surface area contributed by atoms with Gasteiger partial charge in [-0.2, -0.15) is 0 Å². The molecule has 0 aliphatic carbocycles. The molecule has 0 aromatic rings. The number of esters is 1. The van der Waals surface area contributed by atoms with E-state index in [1.807, 2.05) is 5.92 Å². The van der Waals surface area contributed by atoms with Crippen LogP contribution in [0.4, 0.5) is 0 Å². The normalized spacial score (nSPS) is 11.5. The zero-order valence-electron chi connectivity index (χ0n) is 9.07. The number of allylic oxidation sites excluding steroid dienone is 2. The number of carbonyl (C=O) groups is 1. The second kappa shape index (κ2) is 8.31. The zero-order valence-corrected chi connectivity index (χ0v) is 9.07. The number of terminal acetylenes is 1. The summed E-state index contributed by atoms with van der Waals surface area (Å²) in [6, 6.07) is 0. The molecule has 84 valence electrons. The minimum absolute atomic E-state index is 0.0789. The molecule has 4 nitrogen and oxygen atoms in total. The Morgan fingerprint density at radius 1 is 1.56 bits per heavy atom. The average Bonchev–Trinajstić information content (AvgIpc) is 2.30. The van der Waals surface area contributed by atoms with Gasteiger partial charge in [-0.15, -0.1) is 6.42 Å². The molecule has 16 heavy (non-hydrogen) atoms. The predicted molar refractivity (Wildman–Crippen MR) is 56.9 cm³/mol. The maximum Gasteiger partial charge on any atom is 0.319 e. The lowest BCUT2D eigenvalue weighted by atomic mass is 10.3. The van der Waals surface area contributed by atoms with Gasteiger partial charge >= 0.3 is 5.97 Å². The summed E-state index contributed by atoms with van der Waals surface area (Å²) in [5.41, 5.74) is 0.324. The minimum Gasteiger partial charge on any atom is -0.508 e. The van der Waals surface area contributed by atoms with Crippen molar-refractivity contribution in [2.45, 2.75) is 6.92 Å². The lowest BCUT2D eigenvalue weighted by Gasteiger charge is -2.10. The van der Waals surface area contributed by atoms with Gasteiger partial charge in [0, 0.05) is 11.8 Å². The SMILES string of the molecule is [C-]#C/C(OC(=O)/C=C/COOC)=C(/C)C#C. The van der Waals surface area contributed by atoms with Crippen LogP contribution in [-0.2, 0) is 19.3 Å². The van der Waals surface area contributed by atoms with E-state index in [1.54, 1.807) is 6.92 Å². The molecule has 4 heteroatoms. The van der Waals surface area contributed by atoms with Crippen molar-refractivity contribution in [3.63, 3.8) is 0 Å². The Hall–Kier alpha value is -2.01. The number of rotatable bonds is 5. The molecule has 0 aromatic heterocycles. The Bertz CT molecular complexity index is 377. The Morgan fingerprint density at radius 3 is 2.75 bits per heavy atom. The van der Waals surface area contributed by atoms with E-state index in [0.29, 0.717) is 5.57 Å². The summed E-state index contributed by atoms with van der Waals surface area (Å²) in [4.78, 5) is 20.0. The first-order valence-corrected chi connectivity index (χ1v) is 4.29. The summed E-state index contributed by atoms with van der Waals surface area (Å²) >= 11 is 0. The highest BCUT2D eigenvalue weighted by molar-refractivity contribution is 5.83. The standard InChI is InChI=1S/C12H11O4/c1-5-10(3)11(6-2)16-12(13)8-7-9-15-14-4/h1,7-8H,9H2,3-4H3/q-1/b8-7+,11-10+. The van der Waals surface area contributed by atoms with Gasteiger partial charge in [-0.05, 0) is 18.6 Å². The summed E-state index contributed by atoms with van der Waals surface area (Å²) in [6.07, 6.45) is 14.5. The second-order valence-corrected chi connectivity index (χ2v) is 2.50. The Kier molecular flexibility index (Phi) is 7.27. The van der Waals surface area contributed by atoms with Gasteiger partial charge in [0.1, 0.15) is 6.61 Å². The molecule has 0 aliphatic heterocycles. The molecule has 0 saturated heterocycles. The van der Waals surface area contributed by atoms with Crippen LogP contribution in [0.3, 0.4) is 0 Å². The van der Waals surface area contributed by atoms with E-state index >= 15 is 0 Å². The smallest absolute Gasteiger partial charge is 0.319 e. The number of hydrogen-bond donors (Lipinski definition) is 0. The van der Waals surface area contributed by atoms with Gasteiger partial charge in [0.2, 0.25) is 0 Å². The van der Waals surface area contributed by atoms with Crippen LogP contribution in [0.5, 0.6) is 0 Å². The van der Waals surface area contributed by atoms with E-state index in [1.165, 1.54) is 13.2 Å². The highest BCUT2D eigenvalue weighted by atomic mass is 17.2. The van der Waals surface area contributed by atoms with Gasteiger partial charge in [-0.3, -0.25) is 5.92 Å². The van der Waals surface area contributed by atoms with Gasteiger partial charge in [0.25, 0.3) is 0 Å². The minimum atomic E-state index is -0.663. The predicted octanol–water partition coefficient (Wildman–Crippen LogP) is 1.16. The van der Waals surface area contributed by atoms with Crippen molar-refractivity contribution in [2.75, 3.05) is 13.7 Å². The Morgan fingerprint density at radius 2 is 2.25 bits per heavy atom. The number of carbonyl (C=O) groups excluding carboxylic acids is 1. The molecule has 0 atom stereocenters. The molecule has 0 N–H and O–H groups in total. The monoisotopic (exact) mass is 219 g/mol. The molecule has 0 aromatic carbocycles. The van der Waals surface area contributed by atoms with E-state index < -0.39 is 5.97 Å². The van der Waals surface area contributed by atoms with Crippen LogP contribution in [0, 0.1) is 24.7 Å². The topological polar surface area (TPSA) is 44.8 Å². The van der Waals surface area contributed by atoms with E-state index in [4.69, 9.17) is 17.6 Å². The van der Waals surface area contributed by atoms with Crippen molar-refractivity contribution >= 4 is 5.97 Å². The summed E-state index contributed by atoms with van der Waals surface area (Å²) < 4.78 is 4.75. The van der Waals surface area contributed by atoms with Crippen LogP contribution in [0.15, 0.2) is 23.5 Å². The molecule has 0 spiro atoms. The molecule has 0 unspecified atom stereocenters. The van der Waals surface area contributed by atoms with Gasteiger partial charge < -0.3 is 11.2 Å².